The first-order valence-corrected chi connectivity index (χ1v) is 9.14. The summed E-state index contributed by atoms with van der Waals surface area (Å²) in [5.41, 5.74) is 0. The van der Waals surface area contributed by atoms with Crippen LogP contribution in [-0.2, 0) is 41.7 Å². The molecule has 2 rings (SSSR count). The summed E-state index contributed by atoms with van der Waals surface area (Å²) in [6.45, 7) is -2.32. The van der Waals surface area contributed by atoms with Crippen LogP contribution in [0.25, 0.3) is 0 Å². The van der Waals surface area contributed by atoms with Gasteiger partial charge in [-0.15, -0.1) is 0 Å². The first-order valence-electron chi connectivity index (χ1n) is 7.75. The van der Waals surface area contributed by atoms with Crippen LogP contribution in [0.4, 0.5) is 0 Å². The molecule has 0 bridgehead atoms. The van der Waals surface area contributed by atoms with E-state index in [1.165, 1.54) is 0 Å². The maximum absolute atomic E-state index is 10.00. The zero-order chi connectivity index (χ0) is 21.9. The van der Waals surface area contributed by atoms with Gasteiger partial charge in [-0.05, 0) is 0 Å². The Morgan fingerprint density at radius 1 is 0.828 bits per heavy atom. The zero-order valence-corrected chi connectivity index (χ0v) is 16.2. The monoisotopic (exact) mass is 503 g/mol. The molecule has 2 saturated heterocycles. The molecule has 0 spiro atoms. The molecule has 2 aliphatic heterocycles. The van der Waals surface area contributed by atoms with Crippen molar-refractivity contribution >= 4 is 10.4 Å². The van der Waals surface area contributed by atoms with Crippen LogP contribution >= 0.6 is 0 Å². The minimum atomic E-state index is -4.67. The van der Waals surface area contributed by atoms with Gasteiger partial charge in [0.2, 0.25) is 5.79 Å². The number of aliphatic hydroxyl groups excluding tert-OH is 8. The van der Waals surface area contributed by atoms with Crippen LogP contribution in [-0.4, -0.2) is 133 Å². The van der Waals surface area contributed by atoms with Crippen molar-refractivity contribution in [1.82, 2.24) is 0 Å². The Morgan fingerprint density at radius 2 is 1.31 bits per heavy atom. The summed E-state index contributed by atoms with van der Waals surface area (Å²) in [5, 5.41) is 76.7. The van der Waals surface area contributed by atoms with Gasteiger partial charge in [0, 0.05) is 17.1 Å². The fraction of sp³-hybridized carbons (Fsp3) is 1.00. The normalized spacial score (nSPS) is 42.6. The Hall–Kier alpha value is -0.0505. The van der Waals surface area contributed by atoms with Gasteiger partial charge in [0.25, 0.3) is 0 Å². The van der Waals surface area contributed by atoms with Crippen LogP contribution in [0.5, 0.6) is 0 Å². The Morgan fingerprint density at radius 3 is 1.69 bits per heavy atom. The first kappa shape index (κ1) is 28.9. The van der Waals surface area contributed by atoms with Gasteiger partial charge in [0.15, 0.2) is 6.29 Å². The van der Waals surface area contributed by atoms with Crippen molar-refractivity contribution in [2.75, 3.05) is 19.8 Å². The molecular weight excluding hydrogens is 480 g/mol. The SMILES string of the molecule is O=S(=O)(O)O.OC[C@H]1O[C@@](CO)(O[C@H]2O[C@H](CO)[C@@H](O)[C@H](O)[C@H]2O)[C@@H](O)[C@@H]1O.[Cu]. The maximum Gasteiger partial charge on any atom is 0.394 e. The minimum absolute atomic E-state index is 0. The molecule has 1 radical (unpaired) electrons. The molecule has 9 atom stereocenters. The first-order chi connectivity index (χ1) is 12.8. The van der Waals surface area contributed by atoms with Crippen LogP contribution in [0.15, 0.2) is 0 Å². The van der Waals surface area contributed by atoms with Crippen molar-refractivity contribution in [3.63, 3.8) is 0 Å². The van der Waals surface area contributed by atoms with E-state index < -0.39 is 85.0 Å². The van der Waals surface area contributed by atoms with Gasteiger partial charge >= 0.3 is 10.4 Å². The van der Waals surface area contributed by atoms with Crippen molar-refractivity contribution in [3.05, 3.63) is 0 Å². The van der Waals surface area contributed by atoms with Gasteiger partial charge in [0.05, 0.1) is 13.2 Å². The molecule has 0 saturated carbocycles. The van der Waals surface area contributed by atoms with E-state index in [0.717, 1.165) is 0 Å². The van der Waals surface area contributed by atoms with E-state index in [9.17, 15) is 30.6 Å². The number of rotatable bonds is 5. The third-order valence-corrected chi connectivity index (χ3v) is 4.07. The second kappa shape index (κ2) is 11.5. The molecule has 0 aromatic rings. The van der Waals surface area contributed by atoms with E-state index in [1.54, 1.807) is 0 Å². The van der Waals surface area contributed by atoms with Crippen LogP contribution in [0.3, 0.4) is 0 Å². The number of hydrogen-bond donors (Lipinski definition) is 10. The second-order valence-corrected chi connectivity index (χ2v) is 6.90. The largest absolute Gasteiger partial charge is 0.394 e. The molecular formula is C12H24CuO15S. The summed E-state index contributed by atoms with van der Waals surface area (Å²) >= 11 is 0. The molecule has 179 valence electrons. The van der Waals surface area contributed by atoms with Gasteiger partial charge < -0.3 is 55.1 Å². The van der Waals surface area contributed by atoms with Crippen molar-refractivity contribution in [1.29, 1.82) is 0 Å². The molecule has 15 nitrogen and oxygen atoms in total. The smallest absolute Gasteiger partial charge is 0.394 e. The molecule has 10 N–H and O–H groups in total. The molecule has 2 aliphatic rings. The fourth-order valence-electron chi connectivity index (χ4n) is 2.63. The molecule has 0 amide bonds. The summed E-state index contributed by atoms with van der Waals surface area (Å²) in [6.07, 6.45) is -12.7. The molecule has 0 aromatic heterocycles. The molecule has 17 heteroatoms. The Kier molecular flexibility index (Phi) is 11.5. The number of ether oxygens (including phenoxy) is 3. The second-order valence-electron chi connectivity index (χ2n) is 6.01. The van der Waals surface area contributed by atoms with E-state index in [0.29, 0.717) is 0 Å². The molecule has 2 heterocycles. The molecule has 29 heavy (non-hydrogen) atoms. The van der Waals surface area contributed by atoms with E-state index in [4.69, 9.17) is 41.9 Å². The van der Waals surface area contributed by atoms with Gasteiger partial charge in [-0.1, -0.05) is 0 Å². The van der Waals surface area contributed by atoms with Gasteiger partial charge in [-0.25, -0.2) is 0 Å². The van der Waals surface area contributed by atoms with Crippen LogP contribution < -0.4 is 0 Å². The van der Waals surface area contributed by atoms with Crippen molar-refractivity contribution in [2.45, 2.75) is 54.8 Å². The maximum atomic E-state index is 10.00. The summed E-state index contributed by atoms with van der Waals surface area (Å²) < 4.78 is 47.0. The number of hydrogen-bond acceptors (Lipinski definition) is 13. The summed E-state index contributed by atoms with van der Waals surface area (Å²) in [4.78, 5) is 0. The number of aliphatic hydroxyl groups is 8. The van der Waals surface area contributed by atoms with Crippen LogP contribution in [0, 0.1) is 0 Å². The van der Waals surface area contributed by atoms with Crippen molar-refractivity contribution in [2.24, 2.45) is 0 Å². The molecule has 0 unspecified atom stereocenters. The average Bonchev–Trinajstić information content (AvgIpc) is 2.86. The third kappa shape index (κ3) is 7.25. The standard InChI is InChI=1S/C12H22O11.Cu.H2O4S/c13-1-4-6(16)8(18)9(19)11(21-4)23-12(3-15)10(20)7(17)5(2-14)22-12;;1-5(2,3)4/h4-11,13-20H,1-3H2;;(H2,1,2,3,4)/t4-,5-,6-,7-,8+,9-,10+,11-,12+;;/m1../s1. The van der Waals surface area contributed by atoms with Crippen molar-refractivity contribution in [3.8, 4) is 0 Å². The van der Waals surface area contributed by atoms with E-state index >= 15 is 0 Å². The zero-order valence-electron chi connectivity index (χ0n) is 14.5. The molecule has 0 aromatic carbocycles. The van der Waals surface area contributed by atoms with Gasteiger partial charge in [-0.3, -0.25) is 9.11 Å². The van der Waals surface area contributed by atoms with E-state index in [-0.39, 0.29) is 17.1 Å². The van der Waals surface area contributed by atoms with E-state index in [1.807, 2.05) is 0 Å². The van der Waals surface area contributed by atoms with Crippen molar-refractivity contribution < 1.29 is 89.7 Å². The summed E-state index contributed by atoms with van der Waals surface area (Å²) in [5.74, 6) is -2.22. The predicted octanol–water partition coefficient (Wildman–Crippen LogP) is -6.05. The van der Waals surface area contributed by atoms with E-state index in [2.05, 4.69) is 0 Å². The van der Waals surface area contributed by atoms with Gasteiger partial charge in [-0.2, -0.15) is 8.42 Å². The molecule has 2 fully saturated rings. The summed E-state index contributed by atoms with van der Waals surface area (Å²) in [7, 11) is -4.67. The fourth-order valence-corrected chi connectivity index (χ4v) is 2.63. The Bertz CT molecular complexity index is 582. The van der Waals surface area contributed by atoms with Gasteiger partial charge in [0.1, 0.15) is 49.3 Å². The predicted molar refractivity (Wildman–Crippen MR) is 82.8 cm³/mol. The van der Waals surface area contributed by atoms with Crippen LogP contribution in [0.1, 0.15) is 0 Å². The molecule has 0 aliphatic carbocycles. The third-order valence-electron chi connectivity index (χ3n) is 4.07. The summed E-state index contributed by atoms with van der Waals surface area (Å²) in [6, 6.07) is 0. The topological polar surface area (TPSA) is 264 Å². The average molecular weight is 504 g/mol. The Labute approximate surface area is 175 Å². The Balaban J connectivity index is 0.00000117. The quantitative estimate of drug-likeness (QED) is 0.123. The van der Waals surface area contributed by atoms with Crippen LogP contribution in [0.2, 0.25) is 0 Å². The minimum Gasteiger partial charge on any atom is -0.394 e.